The van der Waals surface area contributed by atoms with Gasteiger partial charge in [-0.15, -0.1) is 0 Å². The number of rotatable bonds is 4. The first kappa shape index (κ1) is 11.3. The van der Waals surface area contributed by atoms with Crippen LogP contribution in [0.4, 0.5) is 5.82 Å². The average molecular weight is 241 g/mol. The van der Waals surface area contributed by atoms with E-state index in [0.717, 1.165) is 24.3 Å². The Labute approximate surface area is 108 Å². The van der Waals surface area contributed by atoms with Gasteiger partial charge in [-0.2, -0.15) is 5.10 Å². The van der Waals surface area contributed by atoms with Crippen LogP contribution < -0.4 is 5.73 Å². The molecule has 0 saturated heterocycles. The maximum atomic E-state index is 6.29. The molecule has 1 saturated carbocycles. The third-order valence-electron chi connectivity index (χ3n) is 3.52. The lowest BCUT2D eigenvalue weighted by atomic mass is 10.1. The van der Waals surface area contributed by atoms with E-state index in [4.69, 9.17) is 10.8 Å². The molecule has 3 rings (SSSR count). The zero-order chi connectivity index (χ0) is 12.5. The number of para-hydroxylation sites is 1. The fourth-order valence-corrected chi connectivity index (χ4v) is 2.44. The summed E-state index contributed by atoms with van der Waals surface area (Å²) in [4.78, 5) is 0. The van der Waals surface area contributed by atoms with Gasteiger partial charge < -0.3 is 5.73 Å². The number of benzene rings is 1. The van der Waals surface area contributed by atoms with E-state index in [2.05, 4.69) is 19.1 Å². The summed E-state index contributed by atoms with van der Waals surface area (Å²) in [5.74, 6) is 1.48. The van der Waals surface area contributed by atoms with Gasteiger partial charge in [0.2, 0.25) is 0 Å². The van der Waals surface area contributed by atoms with Crippen LogP contribution in [0.25, 0.3) is 5.69 Å². The van der Waals surface area contributed by atoms with Gasteiger partial charge in [-0.25, -0.2) is 4.68 Å². The summed E-state index contributed by atoms with van der Waals surface area (Å²) in [6.07, 6.45) is 4.68. The van der Waals surface area contributed by atoms with Crippen molar-refractivity contribution in [1.29, 1.82) is 0 Å². The van der Waals surface area contributed by atoms with Crippen molar-refractivity contribution in [2.45, 2.75) is 38.5 Å². The Morgan fingerprint density at radius 2 is 2.00 bits per heavy atom. The standard InChI is InChI=1S/C15H19N3/c1-2-6-13-14(11-9-10-11)17-18(15(13)16)12-7-4-3-5-8-12/h3-5,7-8,11H,2,6,9-10,16H2,1H3. The van der Waals surface area contributed by atoms with Gasteiger partial charge in [-0.3, -0.25) is 0 Å². The molecule has 3 nitrogen and oxygen atoms in total. The normalized spacial score (nSPS) is 14.9. The van der Waals surface area contributed by atoms with E-state index in [1.807, 2.05) is 22.9 Å². The van der Waals surface area contributed by atoms with Crippen molar-refractivity contribution in [3.63, 3.8) is 0 Å². The summed E-state index contributed by atoms with van der Waals surface area (Å²) in [6, 6.07) is 10.2. The second kappa shape index (κ2) is 4.48. The van der Waals surface area contributed by atoms with Crippen molar-refractivity contribution >= 4 is 5.82 Å². The highest BCUT2D eigenvalue weighted by Crippen LogP contribution is 2.43. The molecule has 0 aliphatic heterocycles. The minimum atomic E-state index is 0.652. The highest BCUT2D eigenvalue weighted by molar-refractivity contribution is 5.51. The molecule has 2 aromatic rings. The van der Waals surface area contributed by atoms with Crippen LogP contribution >= 0.6 is 0 Å². The minimum absolute atomic E-state index is 0.652. The molecular formula is C15H19N3. The molecule has 0 radical (unpaired) electrons. The second-order valence-electron chi connectivity index (χ2n) is 5.02. The molecule has 0 unspecified atom stereocenters. The van der Waals surface area contributed by atoms with E-state index in [1.165, 1.54) is 24.1 Å². The van der Waals surface area contributed by atoms with E-state index in [-0.39, 0.29) is 0 Å². The topological polar surface area (TPSA) is 43.8 Å². The number of nitrogens with zero attached hydrogens (tertiary/aromatic N) is 2. The predicted octanol–water partition coefficient (Wildman–Crippen LogP) is 3.28. The first-order valence-electron chi connectivity index (χ1n) is 6.74. The molecule has 18 heavy (non-hydrogen) atoms. The van der Waals surface area contributed by atoms with Crippen molar-refractivity contribution < 1.29 is 0 Å². The summed E-state index contributed by atoms with van der Waals surface area (Å²) >= 11 is 0. The van der Waals surface area contributed by atoms with Crippen molar-refractivity contribution in [3.8, 4) is 5.69 Å². The number of nitrogen functional groups attached to an aromatic ring is 1. The van der Waals surface area contributed by atoms with Crippen molar-refractivity contribution in [2.75, 3.05) is 5.73 Å². The lowest BCUT2D eigenvalue weighted by Crippen LogP contribution is -2.02. The van der Waals surface area contributed by atoms with Crippen LogP contribution in [0.1, 0.15) is 43.4 Å². The maximum Gasteiger partial charge on any atom is 0.130 e. The molecule has 3 heteroatoms. The SMILES string of the molecule is CCCc1c(C2CC2)nn(-c2ccccc2)c1N. The third-order valence-corrected chi connectivity index (χ3v) is 3.52. The highest BCUT2D eigenvalue weighted by atomic mass is 15.3. The monoisotopic (exact) mass is 241 g/mol. The van der Waals surface area contributed by atoms with Gasteiger partial charge >= 0.3 is 0 Å². The Hall–Kier alpha value is -1.77. The fourth-order valence-electron chi connectivity index (χ4n) is 2.44. The molecule has 1 fully saturated rings. The molecule has 0 bridgehead atoms. The Morgan fingerprint density at radius 3 is 2.61 bits per heavy atom. The quantitative estimate of drug-likeness (QED) is 0.892. The Kier molecular flexibility index (Phi) is 2.82. The van der Waals surface area contributed by atoms with Gasteiger partial charge in [-0.05, 0) is 31.4 Å². The zero-order valence-electron chi connectivity index (χ0n) is 10.8. The molecule has 1 aliphatic rings. The summed E-state index contributed by atoms with van der Waals surface area (Å²) in [7, 11) is 0. The van der Waals surface area contributed by atoms with Crippen molar-refractivity contribution in [2.24, 2.45) is 0 Å². The number of anilines is 1. The fraction of sp³-hybridized carbons (Fsp3) is 0.400. The second-order valence-corrected chi connectivity index (χ2v) is 5.02. The Bertz CT molecular complexity index is 538. The number of hydrogen-bond acceptors (Lipinski definition) is 2. The van der Waals surface area contributed by atoms with E-state index in [9.17, 15) is 0 Å². The van der Waals surface area contributed by atoms with Crippen LogP contribution in [0.5, 0.6) is 0 Å². The average Bonchev–Trinajstić information content (AvgIpc) is 3.19. The lowest BCUT2D eigenvalue weighted by Gasteiger charge is -2.04. The van der Waals surface area contributed by atoms with Crippen LogP contribution in [0, 0.1) is 0 Å². The number of hydrogen-bond donors (Lipinski definition) is 1. The Balaban J connectivity index is 2.07. The predicted molar refractivity (Wildman–Crippen MR) is 73.9 cm³/mol. The smallest absolute Gasteiger partial charge is 0.130 e. The molecule has 0 spiro atoms. The van der Waals surface area contributed by atoms with E-state index >= 15 is 0 Å². The van der Waals surface area contributed by atoms with E-state index in [0.29, 0.717) is 5.92 Å². The molecule has 1 aliphatic carbocycles. The summed E-state index contributed by atoms with van der Waals surface area (Å²) in [5.41, 5.74) is 9.85. The first-order chi connectivity index (χ1) is 8.81. The Morgan fingerprint density at radius 1 is 1.28 bits per heavy atom. The molecule has 1 heterocycles. The molecule has 94 valence electrons. The van der Waals surface area contributed by atoms with Crippen LogP contribution in [0.3, 0.4) is 0 Å². The molecule has 1 aromatic heterocycles. The van der Waals surface area contributed by atoms with Crippen LogP contribution in [-0.4, -0.2) is 9.78 Å². The zero-order valence-corrected chi connectivity index (χ0v) is 10.8. The van der Waals surface area contributed by atoms with Gasteiger partial charge in [0.25, 0.3) is 0 Å². The molecule has 0 amide bonds. The summed E-state index contributed by atoms with van der Waals surface area (Å²) in [6.45, 7) is 2.19. The van der Waals surface area contributed by atoms with Crippen LogP contribution in [0.15, 0.2) is 30.3 Å². The van der Waals surface area contributed by atoms with Gasteiger partial charge in [0.15, 0.2) is 0 Å². The van der Waals surface area contributed by atoms with Gasteiger partial charge in [0, 0.05) is 11.5 Å². The van der Waals surface area contributed by atoms with E-state index in [1.54, 1.807) is 0 Å². The molecule has 0 atom stereocenters. The summed E-state index contributed by atoms with van der Waals surface area (Å²) in [5, 5.41) is 4.75. The van der Waals surface area contributed by atoms with E-state index < -0.39 is 0 Å². The van der Waals surface area contributed by atoms with Crippen molar-refractivity contribution in [1.82, 2.24) is 9.78 Å². The largest absolute Gasteiger partial charge is 0.383 e. The van der Waals surface area contributed by atoms with Gasteiger partial charge in [-0.1, -0.05) is 31.5 Å². The summed E-state index contributed by atoms with van der Waals surface area (Å²) < 4.78 is 1.90. The van der Waals surface area contributed by atoms with Crippen molar-refractivity contribution in [3.05, 3.63) is 41.6 Å². The van der Waals surface area contributed by atoms with Gasteiger partial charge in [0.1, 0.15) is 5.82 Å². The molecule has 1 aromatic carbocycles. The third kappa shape index (κ3) is 1.90. The van der Waals surface area contributed by atoms with Crippen LogP contribution in [0.2, 0.25) is 0 Å². The first-order valence-corrected chi connectivity index (χ1v) is 6.74. The minimum Gasteiger partial charge on any atom is -0.383 e. The van der Waals surface area contributed by atoms with Crippen LogP contribution in [-0.2, 0) is 6.42 Å². The van der Waals surface area contributed by atoms with Gasteiger partial charge in [0.05, 0.1) is 11.4 Å². The number of aromatic nitrogens is 2. The maximum absolute atomic E-state index is 6.29. The molecule has 2 N–H and O–H groups in total. The number of nitrogens with two attached hydrogens (primary N) is 1. The molecular weight excluding hydrogens is 222 g/mol. The lowest BCUT2D eigenvalue weighted by molar-refractivity contribution is 0.839. The highest BCUT2D eigenvalue weighted by Gasteiger charge is 2.30.